The number of hydrogen-bond donors (Lipinski definition) is 0. The van der Waals surface area contributed by atoms with E-state index in [4.69, 9.17) is 11.6 Å². The van der Waals surface area contributed by atoms with E-state index in [2.05, 4.69) is 4.98 Å². The van der Waals surface area contributed by atoms with E-state index in [1.54, 1.807) is 31.2 Å². The van der Waals surface area contributed by atoms with Crippen molar-refractivity contribution in [2.24, 2.45) is 0 Å². The van der Waals surface area contributed by atoms with E-state index in [9.17, 15) is 14.0 Å². The van der Waals surface area contributed by atoms with E-state index in [1.807, 2.05) is 6.07 Å². The second-order valence-corrected chi connectivity index (χ2v) is 5.51. The van der Waals surface area contributed by atoms with Crippen molar-refractivity contribution in [2.45, 2.75) is 13.8 Å². The molecule has 0 amide bonds. The molecule has 0 saturated heterocycles. The van der Waals surface area contributed by atoms with Gasteiger partial charge in [-0.2, -0.15) is 0 Å². The Morgan fingerprint density at radius 3 is 2.52 bits per heavy atom. The molecule has 3 aromatic rings. The molecule has 0 aliphatic rings. The van der Waals surface area contributed by atoms with Crippen LogP contribution in [0, 0.1) is 12.7 Å². The van der Waals surface area contributed by atoms with Crippen LogP contribution in [0.25, 0.3) is 16.6 Å². The zero-order chi connectivity index (χ0) is 16.7. The molecular formula is C17H12ClFN2O2. The largest absolute Gasteiger partial charge is 0.294 e. The molecule has 1 aromatic carbocycles. The third kappa shape index (κ3) is 2.43. The number of carbonyl (C=O) groups excluding carboxylic acids is 1. The fourth-order valence-electron chi connectivity index (χ4n) is 2.69. The van der Waals surface area contributed by atoms with E-state index in [0.29, 0.717) is 11.4 Å². The van der Waals surface area contributed by atoms with Gasteiger partial charge in [0.2, 0.25) is 0 Å². The summed E-state index contributed by atoms with van der Waals surface area (Å²) in [6, 6.07) is 9.88. The molecule has 0 spiro atoms. The van der Waals surface area contributed by atoms with E-state index in [-0.39, 0.29) is 27.4 Å². The number of ketones is 1. The molecule has 0 radical (unpaired) electrons. The van der Waals surface area contributed by atoms with Crippen LogP contribution in [0.2, 0.25) is 5.15 Å². The molecule has 2 heterocycles. The highest BCUT2D eigenvalue weighted by molar-refractivity contribution is 6.30. The Hall–Kier alpha value is -2.53. The second kappa shape index (κ2) is 5.59. The van der Waals surface area contributed by atoms with Crippen LogP contribution in [0.5, 0.6) is 0 Å². The molecule has 0 saturated carbocycles. The molecule has 0 bridgehead atoms. The van der Waals surface area contributed by atoms with Crippen molar-refractivity contribution in [3.05, 3.63) is 69.0 Å². The van der Waals surface area contributed by atoms with Gasteiger partial charge in [-0.3, -0.25) is 14.2 Å². The minimum Gasteiger partial charge on any atom is -0.294 e. The van der Waals surface area contributed by atoms with Gasteiger partial charge in [-0.25, -0.2) is 9.37 Å². The lowest BCUT2D eigenvalue weighted by molar-refractivity contribution is 0.101. The lowest BCUT2D eigenvalue weighted by atomic mass is 10.0. The molecule has 0 aliphatic carbocycles. The minimum absolute atomic E-state index is 0.0200. The number of para-hydroxylation sites is 1. The monoisotopic (exact) mass is 330 g/mol. The highest BCUT2D eigenvalue weighted by Gasteiger charge is 2.20. The second-order valence-electron chi connectivity index (χ2n) is 5.15. The van der Waals surface area contributed by atoms with Crippen LogP contribution in [0.15, 0.2) is 41.2 Å². The van der Waals surface area contributed by atoms with E-state index in [0.717, 1.165) is 6.07 Å². The summed E-state index contributed by atoms with van der Waals surface area (Å²) in [5.41, 5.74) is 0.965. The van der Waals surface area contributed by atoms with Crippen molar-refractivity contribution in [1.29, 1.82) is 0 Å². The van der Waals surface area contributed by atoms with Crippen LogP contribution in [-0.4, -0.2) is 15.3 Å². The first-order chi connectivity index (χ1) is 10.9. The van der Waals surface area contributed by atoms with Crippen LogP contribution in [0.4, 0.5) is 4.39 Å². The lowest BCUT2D eigenvalue weighted by Crippen LogP contribution is -2.24. The number of fused-ring (bicyclic) bond motifs is 1. The molecule has 0 atom stereocenters. The van der Waals surface area contributed by atoms with Crippen LogP contribution < -0.4 is 5.56 Å². The third-order valence-electron chi connectivity index (χ3n) is 3.67. The summed E-state index contributed by atoms with van der Waals surface area (Å²) in [6.45, 7) is 3.03. The summed E-state index contributed by atoms with van der Waals surface area (Å²) < 4.78 is 15.2. The molecule has 23 heavy (non-hydrogen) atoms. The molecule has 3 rings (SSSR count). The normalized spacial score (nSPS) is 11.0. The quantitative estimate of drug-likeness (QED) is 0.532. The highest BCUT2D eigenvalue weighted by atomic mass is 35.5. The summed E-state index contributed by atoms with van der Waals surface area (Å²) >= 11 is 5.72. The van der Waals surface area contributed by atoms with Gasteiger partial charge in [-0.1, -0.05) is 29.8 Å². The van der Waals surface area contributed by atoms with Crippen molar-refractivity contribution < 1.29 is 9.18 Å². The maximum atomic E-state index is 13.8. The summed E-state index contributed by atoms with van der Waals surface area (Å²) in [4.78, 5) is 28.8. The van der Waals surface area contributed by atoms with E-state index in [1.165, 1.54) is 11.5 Å². The average Bonchev–Trinajstić information content (AvgIpc) is 2.50. The van der Waals surface area contributed by atoms with Gasteiger partial charge in [-0.05, 0) is 32.0 Å². The van der Waals surface area contributed by atoms with Gasteiger partial charge in [-0.15, -0.1) is 0 Å². The van der Waals surface area contributed by atoms with Gasteiger partial charge >= 0.3 is 0 Å². The Bertz CT molecular complexity index is 997. The Morgan fingerprint density at radius 1 is 1.26 bits per heavy atom. The van der Waals surface area contributed by atoms with E-state index < -0.39 is 11.4 Å². The molecule has 4 nitrogen and oxygen atoms in total. The third-order valence-corrected chi connectivity index (χ3v) is 3.93. The number of aromatic nitrogens is 2. The molecule has 0 fully saturated rings. The van der Waals surface area contributed by atoms with Crippen LogP contribution >= 0.6 is 11.6 Å². The van der Waals surface area contributed by atoms with Crippen molar-refractivity contribution in [3.63, 3.8) is 0 Å². The molecule has 2 aromatic heterocycles. The summed E-state index contributed by atoms with van der Waals surface area (Å²) in [5.74, 6) is -1.07. The molecular weight excluding hydrogens is 319 g/mol. The van der Waals surface area contributed by atoms with E-state index >= 15 is 0 Å². The summed E-state index contributed by atoms with van der Waals surface area (Å²) in [7, 11) is 0. The van der Waals surface area contributed by atoms with Crippen molar-refractivity contribution >= 4 is 28.3 Å². The Labute approximate surface area is 136 Å². The Morgan fingerprint density at radius 2 is 1.91 bits per heavy atom. The SMILES string of the molecule is CC(=O)c1c(C)n(-c2ccccc2)c(=O)c2cc(F)c(Cl)nc12. The van der Waals surface area contributed by atoms with Crippen LogP contribution in [0.3, 0.4) is 0 Å². The first kappa shape index (κ1) is 15.4. The predicted octanol–water partition coefficient (Wildman–Crippen LogP) is 3.69. The number of rotatable bonds is 2. The molecule has 0 aliphatic heterocycles. The number of hydrogen-bond acceptors (Lipinski definition) is 3. The molecule has 0 N–H and O–H groups in total. The number of halogens is 2. The maximum absolute atomic E-state index is 13.8. The predicted molar refractivity (Wildman–Crippen MR) is 87.0 cm³/mol. The first-order valence-corrected chi connectivity index (χ1v) is 7.27. The number of nitrogens with zero attached hydrogens (tertiary/aromatic N) is 2. The van der Waals surface area contributed by atoms with Gasteiger partial charge in [0.05, 0.1) is 16.5 Å². The van der Waals surface area contributed by atoms with Crippen molar-refractivity contribution in [1.82, 2.24) is 9.55 Å². The Balaban J connectivity index is 2.55. The van der Waals surface area contributed by atoms with Crippen molar-refractivity contribution in [3.8, 4) is 5.69 Å². The molecule has 116 valence electrons. The van der Waals surface area contributed by atoms with Gasteiger partial charge < -0.3 is 0 Å². The topological polar surface area (TPSA) is 52.0 Å². The lowest BCUT2D eigenvalue weighted by Gasteiger charge is -2.15. The average molecular weight is 331 g/mol. The number of Topliss-reactive ketones (excluding diaryl/α,β-unsaturated/α-hetero) is 1. The fourth-order valence-corrected chi connectivity index (χ4v) is 2.82. The van der Waals surface area contributed by atoms with Gasteiger partial charge in [0.15, 0.2) is 16.8 Å². The van der Waals surface area contributed by atoms with Gasteiger partial charge in [0, 0.05) is 11.4 Å². The molecule has 6 heteroatoms. The maximum Gasteiger partial charge on any atom is 0.264 e. The number of benzene rings is 1. The fraction of sp³-hybridized carbons (Fsp3) is 0.118. The smallest absolute Gasteiger partial charge is 0.264 e. The number of pyridine rings is 2. The minimum atomic E-state index is -0.797. The first-order valence-electron chi connectivity index (χ1n) is 6.89. The summed E-state index contributed by atoms with van der Waals surface area (Å²) in [5, 5.41) is -0.345. The molecule has 0 unspecified atom stereocenters. The standard InChI is InChI=1S/C17H12ClFN2O2/c1-9-14(10(2)22)15-12(8-13(19)16(18)20-15)17(23)21(9)11-6-4-3-5-7-11/h3-8H,1-2H3. The van der Waals surface area contributed by atoms with Gasteiger partial charge in [0.25, 0.3) is 5.56 Å². The van der Waals surface area contributed by atoms with Crippen LogP contribution in [-0.2, 0) is 0 Å². The summed E-state index contributed by atoms with van der Waals surface area (Å²) in [6.07, 6.45) is 0. The van der Waals surface area contributed by atoms with Gasteiger partial charge in [0.1, 0.15) is 0 Å². The zero-order valence-corrected chi connectivity index (χ0v) is 13.2. The van der Waals surface area contributed by atoms with Crippen molar-refractivity contribution in [2.75, 3.05) is 0 Å². The van der Waals surface area contributed by atoms with Crippen LogP contribution in [0.1, 0.15) is 23.0 Å². The Kier molecular flexibility index (Phi) is 3.74. The zero-order valence-electron chi connectivity index (χ0n) is 12.4. The number of carbonyl (C=O) groups is 1. The highest BCUT2D eigenvalue weighted by Crippen LogP contribution is 2.24.